The highest BCUT2D eigenvalue weighted by Gasteiger charge is 2.41. The fraction of sp³-hybridized carbons (Fsp3) is 0.500. The number of carbonyl (C=O) groups is 5. The molecular formula is C44H52F2N10O7. The fourth-order valence-electron chi connectivity index (χ4n) is 8.55. The van der Waals surface area contributed by atoms with Crippen molar-refractivity contribution < 1.29 is 41.9 Å². The molecule has 0 radical (unpaired) electrons. The monoisotopic (exact) mass is 870 g/mol. The van der Waals surface area contributed by atoms with Gasteiger partial charge in [0.25, 0.3) is 18.2 Å². The Morgan fingerprint density at radius 3 is 2.60 bits per heavy atom. The molecule has 63 heavy (non-hydrogen) atoms. The van der Waals surface area contributed by atoms with Crippen LogP contribution in [0.15, 0.2) is 53.4 Å². The number of nitrogens with zero attached hydrogens (tertiary/aromatic N) is 6. The molecule has 2 aliphatic heterocycles. The van der Waals surface area contributed by atoms with Crippen LogP contribution >= 0.6 is 0 Å². The summed E-state index contributed by atoms with van der Waals surface area (Å²) in [6, 6.07) is 7.59. The van der Waals surface area contributed by atoms with Crippen molar-refractivity contribution in [2.24, 2.45) is 11.8 Å². The van der Waals surface area contributed by atoms with Gasteiger partial charge in [-0.2, -0.15) is 5.10 Å². The van der Waals surface area contributed by atoms with Crippen molar-refractivity contribution in [3.05, 3.63) is 71.5 Å². The fourth-order valence-corrected chi connectivity index (χ4v) is 8.55. The van der Waals surface area contributed by atoms with Crippen molar-refractivity contribution in [1.29, 1.82) is 0 Å². The molecule has 0 bridgehead atoms. The number of pyridine rings is 1. The summed E-state index contributed by atoms with van der Waals surface area (Å²) in [6.45, 7) is 3.61. The van der Waals surface area contributed by atoms with Crippen LogP contribution in [0.3, 0.4) is 0 Å². The van der Waals surface area contributed by atoms with E-state index in [1.807, 2.05) is 0 Å². The van der Waals surface area contributed by atoms with Crippen LogP contribution in [0, 0.1) is 11.8 Å². The Morgan fingerprint density at radius 2 is 1.83 bits per heavy atom. The molecular weight excluding hydrogens is 819 g/mol. The van der Waals surface area contributed by atoms with E-state index in [-0.39, 0.29) is 54.0 Å². The predicted molar refractivity (Wildman–Crippen MR) is 226 cm³/mol. The third kappa shape index (κ3) is 10.6. The number of alkyl halides is 2. The average molecular weight is 871 g/mol. The van der Waals surface area contributed by atoms with Crippen LogP contribution in [-0.4, -0.2) is 118 Å². The Labute approximate surface area is 362 Å². The number of piperidine rings is 1. The molecule has 1 aromatic carbocycles. The Balaban J connectivity index is 0.746. The van der Waals surface area contributed by atoms with Crippen LogP contribution in [-0.2, 0) is 14.3 Å². The zero-order chi connectivity index (χ0) is 44.0. The van der Waals surface area contributed by atoms with Gasteiger partial charge in [0.2, 0.25) is 17.7 Å². The molecule has 1 saturated heterocycles. The second-order valence-electron chi connectivity index (χ2n) is 16.8. The molecule has 19 heteroatoms. The predicted octanol–water partition coefficient (Wildman–Crippen LogP) is 5.57. The molecule has 8 rings (SSSR count). The highest BCUT2D eigenvalue weighted by atomic mass is 19.3. The van der Waals surface area contributed by atoms with E-state index in [0.717, 1.165) is 51.7 Å². The van der Waals surface area contributed by atoms with Crippen LogP contribution < -0.4 is 21.3 Å². The number of ether oxygens (including phenoxy) is 1. The Bertz CT molecular complexity index is 2320. The first-order valence-corrected chi connectivity index (χ1v) is 21.7. The van der Waals surface area contributed by atoms with Gasteiger partial charge < -0.3 is 34.9 Å². The molecule has 5 heterocycles. The number of benzene rings is 1. The summed E-state index contributed by atoms with van der Waals surface area (Å²) < 4.78 is 41.3. The van der Waals surface area contributed by atoms with E-state index >= 15 is 0 Å². The minimum Gasteiger partial charge on any atom is -0.444 e. The standard InChI is InChI=1S/C44H52F2N10O7/c1-54(17-3-18-62-19-16-47-31-5-2-4-30-35(57)24-55(44(61)38(30)31)34-12-13-37(58)52-42(34)60)22-27-8-10-29(11-9-27)56-23-32(39(53-56)40(45)46)50-41(59)33-25-63-43(51-33)28-14-15-48-36(20-28)49-21-26-6-7-26/h2,4-5,14-15,20,23,25-27,29,34,40,47H,3,6-13,16-19,21-22,24H2,1H3,(H,48,49)(H,50,59)(H,52,58,60)/t27-,29-,34?. The molecule has 4 aromatic rings. The molecule has 4 aliphatic rings. The van der Waals surface area contributed by atoms with Gasteiger partial charge in [0.05, 0.1) is 30.4 Å². The first kappa shape index (κ1) is 43.6. The van der Waals surface area contributed by atoms with Crippen LogP contribution in [0.5, 0.6) is 0 Å². The molecule has 17 nitrogen and oxygen atoms in total. The van der Waals surface area contributed by atoms with E-state index in [4.69, 9.17) is 9.15 Å². The second-order valence-corrected chi connectivity index (χ2v) is 16.8. The summed E-state index contributed by atoms with van der Waals surface area (Å²) in [6.07, 6.45) is 8.25. The van der Waals surface area contributed by atoms with E-state index in [1.54, 1.807) is 41.2 Å². The number of Topliss-reactive ketones (excluding diaryl/α,β-unsaturated/α-hetero) is 1. The lowest BCUT2D eigenvalue weighted by Gasteiger charge is -2.36. The minimum atomic E-state index is -2.88. The summed E-state index contributed by atoms with van der Waals surface area (Å²) in [5, 5.41) is 15.6. The van der Waals surface area contributed by atoms with Gasteiger partial charge in [0.1, 0.15) is 18.1 Å². The number of amides is 4. The van der Waals surface area contributed by atoms with Gasteiger partial charge in [-0.15, -0.1) is 0 Å². The highest BCUT2D eigenvalue weighted by molar-refractivity contribution is 6.17. The van der Waals surface area contributed by atoms with Crippen LogP contribution in [0.1, 0.15) is 107 Å². The maximum absolute atomic E-state index is 14.1. The van der Waals surface area contributed by atoms with E-state index in [9.17, 15) is 32.8 Å². The van der Waals surface area contributed by atoms with Gasteiger partial charge in [-0.3, -0.25) is 34.0 Å². The minimum absolute atomic E-state index is 0.0437. The molecule has 2 saturated carbocycles. The highest BCUT2D eigenvalue weighted by Crippen LogP contribution is 2.36. The van der Waals surface area contributed by atoms with Crippen LogP contribution in [0.25, 0.3) is 11.5 Å². The lowest BCUT2D eigenvalue weighted by molar-refractivity contribution is -0.136. The number of oxazole rings is 1. The first-order chi connectivity index (χ1) is 30.5. The number of carbonyl (C=O) groups excluding carboxylic acids is 5. The third-order valence-electron chi connectivity index (χ3n) is 12.1. The van der Waals surface area contributed by atoms with E-state index in [1.165, 1.54) is 30.2 Å². The number of imide groups is 1. The summed E-state index contributed by atoms with van der Waals surface area (Å²) in [5.74, 6) is -0.341. The number of rotatable bonds is 19. The molecule has 3 fully saturated rings. The quantitative estimate of drug-likeness (QED) is 0.0673. The van der Waals surface area contributed by atoms with Gasteiger partial charge >= 0.3 is 0 Å². The summed E-state index contributed by atoms with van der Waals surface area (Å²) >= 11 is 0. The Kier molecular flexibility index (Phi) is 13.5. The molecule has 334 valence electrons. The summed E-state index contributed by atoms with van der Waals surface area (Å²) in [4.78, 5) is 75.9. The molecule has 1 atom stereocenters. The second kappa shape index (κ2) is 19.5. The normalized spacial score (nSPS) is 20.3. The average Bonchev–Trinajstić information content (AvgIpc) is 3.79. The zero-order valence-corrected chi connectivity index (χ0v) is 35.1. The van der Waals surface area contributed by atoms with E-state index < -0.39 is 41.8 Å². The lowest BCUT2D eigenvalue weighted by Crippen LogP contribution is -2.57. The Morgan fingerprint density at radius 1 is 1.02 bits per heavy atom. The van der Waals surface area contributed by atoms with Gasteiger partial charge in [0, 0.05) is 68.4 Å². The van der Waals surface area contributed by atoms with Crippen LogP contribution in [0.4, 0.5) is 26.0 Å². The number of aromatic nitrogens is 4. The number of fused-ring (bicyclic) bond motifs is 1. The van der Waals surface area contributed by atoms with Gasteiger partial charge in [-0.1, -0.05) is 12.1 Å². The number of ketones is 1. The Hall–Kier alpha value is -6.08. The first-order valence-electron chi connectivity index (χ1n) is 21.7. The zero-order valence-electron chi connectivity index (χ0n) is 35.1. The van der Waals surface area contributed by atoms with Gasteiger partial charge in [0.15, 0.2) is 17.2 Å². The smallest absolute Gasteiger partial charge is 0.284 e. The summed E-state index contributed by atoms with van der Waals surface area (Å²) in [7, 11) is 2.07. The van der Waals surface area contributed by atoms with Crippen molar-refractivity contribution in [3.63, 3.8) is 0 Å². The molecule has 4 amide bonds. The maximum atomic E-state index is 14.1. The van der Waals surface area contributed by atoms with Crippen molar-refractivity contribution >= 4 is 46.6 Å². The maximum Gasteiger partial charge on any atom is 0.284 e. The molecule has 3 aromatic heterocycles. The van der Waals surface area contributed by atoms with Crippen molar-refractivity contribution in [2.45, 2.75) is 76.3 Å². The largest absolute Gasteiger partial charge is 0.444 e. The van der Waals surface area contributed by atoms with E-state index in [0.29, 0.717) is 54.2 Å². The molecule has 2 aliphatic carbocycles. The van der Waals surface area contributed by atoms with Crippen molar-refractivity contribution in [2.75, 3.05) is 68.9 Å². The number of hydrogen-bond acceptors (Lipinski definition) is 13. The number of hydrogen-bond donors (Lipinski definition) is 4. The number of halogens is 2. The van der Waals surface area contributed by atoms with Gasteiger partial charge in [-0.05, 0) is 88.4 Å². The SMILES string of the molecule is CN(CCCOCCNc1cccc2c1C(=O)N(C1CCC(=O)NC1=O)CC2=O)C[C@H]1CC[C@H](n2cc(NC(=O)c3coc(-c4ccnc(NCC5CC5)c4)n3)c(C(F)F)n2)CC1. The topological polar surface area (TPSA) is 206 Å². The van der Waals surface area contributed by atoms with E-state index in [2.05, 4.69) is 48.3 Å². The van der Waals surface area contributed by atoms with Crippen molar-refractivity contribution in [1.82, 2.24) is 34.9 Å². The third-order valence-corrected chi connectivity index (χ3v) is 12.1. The molecule has 0 spiro atoms. The lowest BCUT2D eigenvalue weighted by atomic mass is 9.86. The molecule has 4 N–H and O–H groups in total. The van der Waals surface area contributed by atoms with Crippen LogP contribution in [0.2, 0.25) is 0 Å². The summed E-state index contributed by atoms with van der Waals surface area (Å²) in [5.41, 5.74) is 1.05. The van der Waals surface area contributed by atoms with Gasteiger partial charge in [-0.25, -0.2) is 18.7 Å². The molecule has 1 unspecified atom stereocenters. The van der Waals surface area contributed by atoms with Crippen molar-refractivity contribution in [3.8, 4) is 11.5 Å². The number of anilines is 3. The number of nitrogens with one attached hydrogen (secondary N) is 4.